The van der Waals surface area contributed by atoms with E-state index in [0.29, 0.717) is 0 Å². The van der Waals surface area contributed by atoms with E-state index in [-0.39, 0.29) is 17.1 Å². The molecule has 26 valence electrons. The summed E-state index contributed by atoms with van der Waals surface area (Å²) in [6, 6.07) is 0. The number of hydrogen-bond donors (Lipinski definition) is 1. The summed E-state index contributed by atoms with van der Waals surface area (Å²) in [6.07, 6.45) is 0. The normalized spacial score (nSPS) is 3.00. The quantitative estimate of drug-likeness (QED) is 0.269. The van der Waals surface area contributed by atoms with Gasteiger partial charge in [0.05, 0.1) is 0 Å². The summed E-state index contributed by atoms with van der Waals surface area (Å²) in [5.41, 5.74) is 0. The van der Waals surface area contributed by atoms with Crippen LogP contribution >= 0.6 is 0 Å². The average Bonchev–Trinajstić information content (AvgIpc) is 0.918. The minimum Gasteiger partial charge on any atom is -0.379 e. The van der Waals surface area contributed by atoms with Crippen LogP contribution < -0.4 is 0 Å². The summed E-state index contributed by atoms with van der Waals surface area (Å²) in [5.74, 6) is 0. The molecular formula is HFeNO2. The van der Waals surface area contributed by atoms with Gasteiger partial charge in [0.25, 0.3) is 0 Å². The van der Waals surface area contributed by atoms with Crippen LogP contribution in [0.1, 0.15) is 0 Å². The zero-order valence-corrected chi connectivity index (χ0v) is 2.76. The van der Waals surface area contributed by atoms with Gasteiger partial charge in [-0.3, -0.25) is 0 Å². The Bertz CT molecular complexity index is 13.5. The molecule has 0 bridgehead atoms. The minimum absolute atomic E-state index is 0. The maximum absolute atomic E-state index is 8.11. The standard InChI is InChI=1S/Fe.HNO2/c;2-1-3/h;(H,2,3). The van der Waals surface area contributed by atoms with Crippen LogP contribution in [0.15, 0.2) is 5.34 Å². The zero-order chi connectivity index (χ0) is 2.71. The molecule has 4 heteroatoms. The fourth-order valence-electron chi connectivity index (χ4n) is 0. The predicted molar refractivity (Wildman–Crippen MR) is 7.58 cm³/mol. The SMILES string of the molecule is O=NO.[Fe]. The van der Waals surface area contributed by atoms with Crippen molar-refractivity contribution < 1.29 is 22.3 Å². The fraction of sp³-hybridized carbons (Fsp3) is 0. The molecule has 0 heterocycles. The Morgan fingerprint density at radius 3 is 1.75 bits per heavy atom. The van der Waals surface area contributed by atoms with E-state index in [1.807, 2.05) is 0 Å². The van der Waals surface area contributed by atoms with Crippen LogP contribution in [-0.4, -0.2) is 5.21 Å². The van der Waals surface area contributed by atoms with Crippen molar-refractivity contribution in [3.8, 4) is 0 Å². The molecule has 0 aliphatic carbocycles. The van der Waals surface area contributed by atoms with Crippen LogP contribution in [0.3, 0.4) is 0 Å². The summed E-state index contributed by atoms with van der Waals surface area (Å²) in [5, 5.41) is 7.89. The summed E-state index contributed by atoms with van der Waals surface area (Å²) in [7, 11) is 0. The Kier molecular flexibility index (Phi) is 28.8. The molecule has 0 rings (SSSR count). The molecule has 0 spiro atoms. The van der Waals surface area contributed by atoms with Crippen LogP contribution in [0.2, 0.25) is 0 Å². The van der Waals surface area contributed by atoms with Gasteiger partial charge in [-0.05, 0) is 0 Å². The summed E-state index contributed by atoms with van der Waals surface area (Å²) in [6.45, 7) is 0. The van der Waals surface area contributed by atoms with Gasteiger partial charge in [-0.15, -0.1) is 4.91 Å². The van der Waals surface area contributed by atoms with Crippen LogP contribution in [0, 0.1) is 4.91 Å². The van der Waals surface area contributed by atoms with Gasteiger partial charge in [-0.2, -0.15) is 0 Å². The molecule has 1 N–H and O–H groups in total. The van der Waals surface area contributed by atoms with Crippen LogP contribution in [0.5, 0.6) is 0 Å². The molecule has 0 aromatic heterocycles. The molecule has 0 aromatic carbocycles. The monoisotopic (exact) mass is 103 g/mol. The minimum atomic E-state index is 0. The van der Waals surface area contributed by atoms with Gasteiger partial charge in [0.15, 0.2) is 5.34 Å². The zero-order valence-electron chi connectivity index (χ0n) is 1.66. The van der Waals surface area contributed by atoms with E-state index >= 15 is 0 Å². The van der Waals surface area contributed by atoms with Crippen molar-refractivity contribution in [3.63, 3.8) is 0 Å². The van der Waals surface area contributed by atoms with Gasteiger partial charge in [-0.1, -0.05) is 0 Å². The maximum Gasteiger partial charge on any atom is 0.152 e. The molecule has 0 aliphatic heterocycles. The van der Waals surface area contributed by atoms with Crippen molar-refractivity contribution >= 4 is 0 Å². The molecule has 0 aliphatic rings. The van der Waals surface area contributed by atoms with Gasteiger partial charge in [-0.25, -0.2) is 0 Å². The summed E-state index contributed by atoms with van der Waals surface area (Å²) < 4.78 is 0. The molecule has 0 saturated carbocycles. The van der Waals surface area contributed by atoms with E-state index in [9.17, 15) is 0 Å². The van der Waals surface area contributed by atoms with E-state index in [1.165, 1.54) is 5.34 Å². The number of nitrogens with zero attached hydrogens (tertiary/aromatic N) is 1. The number of hydrogen-bond acceptors (Lipinski definition) is 2. The molecule has 0 aromatic rings. The maximum atomic E-state index is 8.11. The first kappa shape index (κ1) is 9.07. The second-order valence-corrected chi connectivity index (χ2v) is 0.0816. The van der Waals surface area contributed by atoms with Crippen molar-refractivity contribution in [2.24, 2.45) is 5.34 Å². The van der Waals surface area contributed by atoms with E-state index in [2.05, 4.69) is 0 Å². The van der Waals surface area contributed by atoms with Crippen LogP contribution in [0.4, 0.5) is 0 Å². The molecule has 0 atom stereocenters. The van der Waals surface area contributed by atoms with Gasteiger partial charge in [0.2, 0.25) is 0 Å². The Hall–Kier alpha value is -0.0805. The molecule has 0 saturated heterocycles. The van der Waals surface area contributed by atoms with Crippen LogP contribution in [0.25, 0.3) is 0 Å². The van der Waals surface area contributed by atoms with Crippen molar-refractivity contribution in [1.82, 2.24) is 0 Å². The van der Waals surface area contributed by atoms with E-state index < -0.39 is 0 Å². The molecule has 0 amide bonds. The summed E-state index contributed by atoms with van der Waals surface area (Å²) in [4.78, 5) is 8.11. The predicted octanol–water partition coefficient (Wildman–Crippen LogP) is 0.140. The Morgan fingerprint density at radius 1 is 1.75 bits per heavy atom. The first-order valence-electron chi connectivity index (χ1n) is 0.383. The van der Waals surface area contributed by atoms with Gasteiger partial charge >= 0.3 is 0 Å². The first-order chi connectivity index (χ1) is 1.41. The molecule has 4 heavy (non-hydrogen) atoms. The van der Waals surface area contributed by atoms with Gasteiger partial charge in [0.1, 0.15) is 0 Å². The van der Waals surface area contributed by atoms with Crippen molar-refractivity contribution in [1.29, 1.82) is 0 Å². The van der Waals surface area contributed by atoms with Crippen molar-refractivity contribution in [2.45, 2.75) is 0 Å². The molecule has 0 fully saturated rings. The molecule has 3 nitrogen and oxygen atoms in total. The Labute approximate surface area is 33.4 Å². The van der Waals surface area contributed by atoms with Crippen molar-refractivity contribution in [3.05, 3.63) is 4.91 Å². The largest absolute Gasteiger partial charge is 0.379 e. The Morgan fingerprint density at radius 2 is 1.75 bits per heavy atom. The van der Waals surface area contributed by atoms with Crippen molar-refractivity contribution in [2.75, 3.05) is 0 Å². The second kappa shape index (κ2) is 12.7. The third-order valence-corrected chi connectivity index (χ3v) is 0. The van der Waals surface area contributed by atoms with E-state index in [4.69, 9.17) is 10.1 Å². The second-order valence-electron chi connectivity index (χ2n) is 0.0816. The van der Waals surface area contributed by atoms with E-state index in [0.717, 1.165) is 0 Å². The molecule has 0 unspecified atom stereocenters. The third kappa shape index (κ3) is 250. The summed E-state index contributed by atoms with van der Waals surface area (Å²) >= 11 is 0. The fourth-order valence-corrected chi connectivity index (χ4v) is 0. The first-order valence-corrected chi connectivity index (χ1v) is 0.383. The number of rotatable bonds is 0. The molecule has 0 radical (unpaired) electrons. The third-order valence-electron chi connectivity index (χ3n) is 0. The average molecular weight is 103 g/mol. The van der Waals surface area contributed by atoms with Gasteiger partial charge < -0.3 is 5.21 Å². The Balaban J connectivity index is 0. The van der Waals surface area contributed by atoms with Gasteiger partial charge in [0, 0.05) is 17.1 Å². The topological polar surface area (TPSA) is 49.7 Å². The smallest absolute Gasteiger partial charge is 0.152 e. The molecular weight excluding hydrogens is 102 g/mol. The van der Waals surface area contributed by atoms with Crippen LogP contribution in [-0.2, 0) is 17.1 Å². The van der Waals surface area contributed by atoms with E-state index in [1.54, 1.807) is 0 Å².